The number of esters is 4. The summed E-state index contributed by atoms with van der Waals surface area (Å²) in [5.41, 5.74) is -36.1. The Morgan fingerprint density at radius 3 is 1.35 bits per heavy atom. The van der Waals surface area contributed by atoms with Gasteiger partial charge in [-0.2, -0.15) is 26.3 Å². The molecule has 48 heavy (non-hydrogen) atoms. The van der Waals surface area contributed by atoms with Crippen LogP contribution in [-0.4, -0.2) is 109 Å². The molecule has 22 heteroatoms. The van der Waals surface area contributed by atoms with Crippen molar-refractivity contribution in [2.45, 2.75) is 58.7 Å². The first-order valence-corrected chi connectivity index (χ1v) is 12.4. The molecule has 0 aromatic heterocycles. The molecule has 1 fully saturated rings. The number of carbonyl (C=O) groups excluding carboxylic acids is 4. The smallest absolute Gasteiger partial charge is 0.353 e. The molecule has 0 bridgehead atoms. The minimum atomic E-state index is -7.67. The highest BCUT2D eigenvalue weighted by atomic mass is 19.3. The van der Waals surface area contributed by atoms with Crippen LogP contribution in [0.2, 0.25) is 0 Å². The molecule has 6 unspecified atom stereocenters. The molecule has 6 atom stereocenters. The van der Waals surface area contributed by atoms with Gasteiger partial charge in [0.2, 0.25) is 11.3 Å². The van der Waals surface area contributed by atoms with Gasteiger partial charge in [0.25, 0.3) is 17.0 Å². The highest BCUT2D eigenvalue weighted by Crippen LogP contribution is 2.73. The van der Waals surface area contributed by atoms with E-state index >= 15 is 52.7 Å². The fourth-order valence-corrected chi connectivity index (χ4v) is 4.57. The van der Waals surface area contributed by atoms with E-state index in [0.29, 0.717) is 0 Å². The number of hydrogen-bond donors (Lipinski definition) is 0. The van der Waals surface area contributed by atoms with Crippen LogP contribution in [0.5, 0.6) is 0 Å². The molecule has 8 nitrogen and oxygen atoms in total. The summed E-state index contributed by atoms with van der Waals surface area (Å²) in [5, 5.41) is 0. The van der Waals surface area contributed by atoms with Crippen molar-refractivity contribution < 1.29 is 99.6 Å². The molecule has 0 spiro atoms. The Morgan fingerprint density at radius 1 is 0.604 bits per heavy atom. The predicted molar refractivity (Wildman–Crippen MR) is 130 cm³/mol. The number of alkyl halides is 14. The molecule has 0 N–H and O–H groups in total. The summed E-state index contributed by atoms with van der Waals surface area (Å²) in [6, 6.07) is 0. The lowest BCUT2D eigenvalue weighted by Crippen LogP contribution is -2.96. The average Bonchev–Trinajstić information content (AvgIpc) is 3.04. The molecule has 1 aliphatic carbocycles. The van der Waals surface area contributed by atoms with Gasteiger partial charge < -0.3 is 18.9 Å². The molecule has 1 rings (SSSR count). The second-order valence-corrected chi connectivity index (χ2v) is 9.58. The van der Waals surface area contributed by atoms with Gasteiger partial charge in [0.15, 0.2) is 6.17 Å². The fourth-order valence-electron chi connectivity index (χ4n) is 4.57. The predicted octanol–water partition coefficient (Wildman–Crippen LogP) is 4.97. The van der Waals surface area contributed by atoms with Crippen LogP contribution >= 0.6 is 0 Å². The van der Waals surface area contributed by atoms with Crippen molar-refractivity contribution in [1.82, 2.24) is 0 Å². The van der Waals surface area contributed by atoms with Crippen molar-refractivity contribution in [3.05, 3.63) is 50.6 Å². The van der Waals surface area contributed by atoms with E-state index in [4.69, 9.17) is 0 Å². The fraction of sp³-hybridized carbons (Fsp3) is 0.538. The highest BCUT2D eigenvalue weighted by Gasteiger charge is 3.04. The van der Waals surface area contributed by atoms with E-state index < -0.39 is 109 Å². The molecule has 0 amide bonds. The van der Waals surface area contributed by atoms with Gasteiger partial charge >= 0.3 is 48.1 Å². The molecule has 0 aliphatic heterocycles. The third kappa shape index (κ3) is 5.69. The Morgan fingerprint density at radius 2 is 0.958 bits per heavy atom. The minimum absolute atomic E-state index is 0.0197. The molecule has 272 valence electrons. The van der Waals surface area contributed by atoms with Crippen LogP contribution in [-0.2, 0) is 38.1 Å². The van der Waals surface area contributed by atoms with Crippen molar-refractivity contribution in [3.63, 3.8) is 0 Å². The van der Waals surface area contributed by atoms with E-state index in [1.165, 1.54) is 0 Å². The van der Waals surface area contributed by atoms with Crippen molar-refractivity contribution in [3.8, 4) is 0 Å². The van der Waals surface area contributed by atoms with Crippen molar-refractivity contribution in [2.75, 3.05) is 26.4 Å². The lowest BCUT2D eigenvalue weighted by atomic mass is 9.49. The Bertz CT molecular complexity index is 1300. The molecule has 0 saturated heterocycles. The average molecular weight is 728 g/mol. The summed E-state index contributed by atoms with van der Waals surface area (Å²) in [4.78, 5) is 46.1. The van der Waals surface area contributed by atoms with Crippen molar-refractivity contribution in [2.24, 2.45) is 0 Å². The van der Waals surface area contributed by atoms with Crippen LogP contribution in [0.25, 0.3) is 0 Å². The Balaban J connectivity index is 4.78. The normalized spacial score (nSPS) is 29.7. The number of carbonyl (C=O) groups is 4. The molecule has 0 aromatic carbocycles. The molecule has 0 aromatic rings. The first-order chi connectivity index (χ1) is 21.7. The molecule has 0 radical (unpaired) electrons. The number of hydrogen-bond acceptors (Lipinski definition) is 8. The summed E-state index contributed by atoms with van der Waals surface area (Å²) in [6.45, 7) is -3.16. The molecule has 0 heterocycles. The second-order valence-electron chi connectivity index (χ2n) is 9.58. The first-order valence-electron chi connectivity index (χ1n) is 12.4. The van der Waals surface area contributed by atoms with Crippen molar-refractivity contribution >= 4 is 23.9 Å². The lowest BCUT2D eigenvalue weighted by molar-refractivity contribution is -0.456. The summed E-state index contributed by atoms with van der Waals surface area (Å²) in [6.07, 6.45) is -11.5. The van der Waals surface area contributed by atoms with Gasteiger partial charge in [0.1, 0.15) is 26.4 Å². The van der Waals surface area contributed by atoms with Gasteiger partial charge in [-0.15, -0.1) is 0 Å². The van der Waals surface area contributed by atoms with E-state index in [0.717, 1.165) is 0 Å². The zero-order valence-electron chi connectivity index (χ0n) is 23.7. The van der Waals surface area contributed by atoms with Crippen LogP contribution < -0.4 is 0 Å². The van der Waals surface area contributed by atoms with Gasteiger partial charge in [-0.25, -0.2) is 54.3 Å². The largest absolute Gasteiger partial charge is 0.459 e. The quantitative estimate of drug-likeness (QED) is 0.0951. The van der Waals surface area contributed by atoms with Crippen LogP contribution in [0.1, 0.15) is 0 Å². The van der Waals surface area contributed by atoms with Crippen molar-refractivity contribution in [1.29, 1.82) is 0 Å². The molecular formula is C26H22F14O8. The Kier molecular flexibility index (Phi) is 12.0. The zero-order chi connectivity index (χ0) is 37.9. The maximum absolute atomic E-state index is 17.5. The first kappa shape index (κ1) is 41.9. The maximum Gasteiger partial charge on any atom is 0.353 e. The SMILES string of the molecule is C=CC(=O)OCC(F)C1(F)C(F)(COC(=O)C=C)C(F)(F)C(F)(F)C(F)(COC(=O)C=C)C1(F)C(F)(COC(=O)C=C)C(F)(F)C(F)F. The van der Waals surface area contributed by atoms with Gasteiger partial charge in [0.05, 0.1) is 0 Å². The minimum Gasteiger partial charge on any atom is -0.459 e. The van der Waals surface area contributed by atoms with Crippen LogP contribution in [0, 0.1) is 0 Å². The van der Waals surface area contributed by atoms with E-state index in [1.54, 1.807) is 0 Å². The monoisotopic (exact) mass is 728 g/mol. The number of rotatable bonds is 16. The van der Waals surface area contributed by atoms with Crippen LogP contribution in [0.4, 0.5) is 61.5 Å². The Hall–Kier alpha value is -4.14. The van der Waals surface area contributed by atoms with E-state index in [1.807, 2.05) is 0 Å². The third-order valence-electron chi connectivity index (χ3n) is 7.07. The molecular weight excluding hydrogens is 706 g/mol. The van der Waals surface area contributed by atoms with Crippen LogP contribution in [0.15, 0.2) is 50.6 Å². The summed E-state index contributed by atoms with van der Waals surface area (Å²) in [5.74, 6) is -31.3. The molecule has 1 saturated carbocycles. The van der Waals surface area contributed by atoms with Crippen LogP contribution in [0.3, 0.4) is 0 Å². The maximum atomic E-state index is 17.5. The second kappa shape index (κ2) is 13.8. The summed E-state index contributed by atoms with van der Waals surface area (Å²) >= 11 is 0. The van der Waals surface area contributed by atoms with Gasteiger partial charge in [0, 0.05) is 24.3 Å². The van der Waals surface area contributed by atoms with Gasteiger partial charge in [-0.05, 0) is 0 Å². The van der Waals surface area contributed by atoms with Gasteiger partial charge in [-0.1, -0.05) is 26.3 Å². The Labute approximate surface area is 260 Å². The number of ether oxygens (including phenoxy) is 4. The number of halogens is 14. The standard InChI is InChI=1S/C26H22F14O8/c1-5-14(41)45-9-13(27)22(33)19(30,10-46-15(42)6-2)25(37,38)26(39,40)21(32,12-48-17(44)8-4)24(22,36)20(31,11-47-16(43)7-3)23(34,35)18(28)29/h5-8,13,18H,1-4,9-12H2. The lowest BCUT2D eigenvalue weighted by Gasteiger charge is -2.64. The zero-order valence-corrected chi connectivity index (χ0v) is 23.7. The van der Waals surface area contributed by atoms with E-state index in [2.05, 4.69) is 45.3 Å². The van der Waals surface area contributed by atoms with E-state index in [-0.39, 0.29) is 24.3 Å². The summed E-state index contributed by atoms with van der Waals surface area (Å²) in [7, 11) is 0. The molecule has 1 aliphatic rings. The van der Waals surface area contributed by atoms with E-state index in [9.17, 15) is 28.0 Å². The summed E-state index contributed by atoms with van der Waals surface area (Å²) < 4.78 is 235. The van der Waals surface area contributed by atoms with Gasteiger partial charge in [-0.3, -0.25) is 0 Å². The highest BCUT2D eigenvalue weighted by molar-refractivity contribution is 5.82. The topological polar surface area (TPSA) is 105 Å². The third-order valence-corrected chi connectivity index (χ3v) is 7.07.